The number of pyridine rings is 1. The molecule has 3 heterocycles. The molecule has 1 aromatic carbocycles. The summed E-state index contributed by atoms with van der Waals surface area (Å²) in [4.78, 5) is 20.7. The molecule has 0 aliphatic rings. The molecule has 0 atom stereocenters. The van der Waals surface area contributed by atoms with E-state index < -0.39 is 5.97 Å². The number of nitrogens with two attached hydrogens (primary N) is 1. The Morgan fingerprint density at radius 1 is 1.23 bits per heavy atom. The van der Waals surface area contributed by atoms with Crippen molar-refractivity contribution in [2.45, 2.75) is 13.5 Å². The molecule has 0 unspecified atom stereocenters. The van der Waals surface area contributed by atoms with E-state index in [1.54, 1.807) is 4.57 Å². The van der Waals surface area contributed by atoms with Gasteiger partial charge in [0.2, 0.25) is 0 Å². The lowest BCUT2D eigenvalue weighted by atomic mass is 10.1. The number of carbonyl (C=O) groups is 1. The summed E-state index contributed by atoms with van der Waals surface area (Å²) in [6, 6.07) is 9.43. The third kappa shape index (κ3) is 2.29. The van der Waals surface area contributed by atoms with Crippen molar-refractivity contribution in [2.24, 2.45) is 0 Å². The lowest BCUT2D eigenvalue weighted by Crippen LogP contribution is -2.05. The van der Waals surface area contributed by atoms with Gasteiger partial charge in [-0.15, -0.1) is 0 Å². The third-order valence-corrected chi connectivity index (χ3v) is 4.09. The number of benzene rings is 1. The number of carboxylic acid groups (broad SMARTS) is 1. The number of nitrogens with zero attached hydrogens (tertiary/aromatic N) is 5. The molecule has 26 heavy (non-hydrogen) atoms. The zero-order valence-electron chi connectivity index (χ0n) is 13.7. The predicted molar refractivity (Wildman–Crippen MR) is 93.3 cm³/mol. The average molecular weight is 350 g/mol. The van der Waals surface area contributed by atoms with E-state index in [0.717, 1.165) is 5.56 Å². The molecule has 4 rings (SSSR count). The molecule has 3 aromatic heterocycles. The second-order valence-electron chi connectivity index (χ2n) is 5.57. The van der Waals surface area contributed by atoms with Gasteiger partial charge in [-0.05, 0) is 17.2 Å². The first-order valence-corrected chi connectivity index (χ1v) is 7.88. The number of imidazole rings is 1. The predicted octanol–water partition coefficient (Wildman–Crippen LogP) is 2.45. The van der Waals surface area contributed by atoms with Crippen LogP contribution in [0.4, 0.5) is 5.82 Å². The minimum absolute atomic E-state index is 0.0512. The fourth-order valence-electron chi connectivity index (χ4n) is 2.95. The Morgan fingerprint density at radius 2 is 2.00 bits per heavy atom. The highest BCUT2D eigenvalue weighted by Crippen LogP contribution is 2.33. The van der Waals surface area contributed by atoms with E-state index in [1.165, 1.54) is 6.20 Å². The first kappa shape index (κ1) is 15.8. The van der Waals surface area contributed by atoms with Crippen LogP contribution in [0, 0.1) is 0 Å². The minimum atomic E-state index is -1.09. The van der Waals surface area contributed by atoms with E-state index in [9.17, 15) is 9.90 Å². The summed E-state index contributed by atoms with van der Waals surface area (Å²) < 4.78 is 6.40. The number of rotatable bonds is 4. The van der Waals surface area contributed by atoms with Crippen molar-refractivity contribution in [2.75, 3.05) is 5.73 Å². The van der Waals surface area contributed by atoms with E-state index in [0.29, 0.717) is 29.1 Å². The third-order valence-electron chi connectivity index (χ3n) is 4.09. The largest absolute Gasteiger partial charge is 0.478 e. The standard InChI is InChI=1S/C17H14N6O3/c1-2-23-14-10(17(24)25)8-19-11(9-6-4-3-5-7-9)12(14)20-16(23)13-15(18)22-26-21-13/h3-8H,2H2,1H3,(H2,18,22)(H,24,25). The van der Waals surface area contributed by atoms with Crippen molar-refractivity contribution in [3.63, 3.8) is 0 Å². The van der Waals surface area contributed by atoms with E-state index in [1.807, 2.05) is 37.3 Å². The average Bonchev–Trinajstić information content (AvgIpc) is 3.24. The Hall–Kier alpha value is -3.75. The van der Waals surface area contributed by atoms with Gasteiger partial charge in [-0.2, -0.15) is 0 Å². The Labute approximate surface area is 147 Å². The van der Waals surface area contributed by atoms with Gasteiger partial charge in [0.1, 0.15) is 11.1 Å². The van der Waals surface area contributed by atoms with E-state index in [4.69, 9.17) is 5.73 Å². The number of hydrogen-bond donors (Lipinski definition) is 2. The van der Waals surface area contributed by atoms with Crippen LogP contribution in [-0.2, 0) is 6.54 Å². The van der Waals surface area contributed by atoms with Crippen LogP contribution < -0.4 is 5.73 Å². The molecule has 0 saturated heterocycles. The van der Waals surface area contributed by atoms with Gasteiger partial charge in [0.25, 0.3) is 0 Å². The van der Waals surface area contributed by atoms with Gasteiger partial charge in [0.15, 0.2) is 17.3 Å². The number of aromatic carboxylic acids is 1. The fraction of sp³-hybridized carbons (Fsp3) is 0.118. The topological polar surface area (TPSA) is 133 Å². The smallest absolute Gasteiger partial charge is 0.339 e. The van der Waals surface area contributed by atoms with E-state index >= 15 is 0 Å². The summed E-state index contributed by atoms with van der Waals surface area (Å²) in [5.41, 5.74) is 8.43. The van der Waals surface area contributed by atoms with Crippen LogP contribution in [0.3, 0.4) is 0 Å². The lowest BCUT2D eigenvalue weighted by Gasteiger charge is -2.07. The van der Waals surface area contributed by atoms with Crippen LogP contribution in [0.15, 0.2) is 41.2 Å². The van der Waals surface area contributed by atoms with Crippen LogP contribution in [0.2, 0.25) is 0 Å². The Morgan fingerprint density at radius 3 is 2.62 bits per heavy atom. The van der Waals surface area contributed by atoms with Crippen molar-refractivity contribution in [3.05, 3.63) is 42.1 Å². The Balaban J connectivity index is 2.12. The second kappa shape index (κ2) is 5.96. The molecule has 9 nitrogen and oxygen atoms in total. The Kier molecular flexibility index (Phi) is 3.61. The van der Waals surface area contributed by atoms with Gasteiger partial charge in [-0.25, -0.2) is 14.4 Å². The maximum Gasteiger partial charge on any atom is 0.339 e. The molecule has 0 amide bonds. The van der Waals surface area contributed by atoms with Gasteiger partial charge in [-0.3, -0.25) is 4.98 Å². The van der Waals surface area contributed by atoms with Crippen molar-refractivity contribution < 1.29 is 14.5 Å². The summed E-state index contributed by atoms with van der Waals surface area (Å²) in [5.74, 6) is -0.621. The number of hydrogen-bond acceptors (Lipinski definition) is 7. The number of aryl methyl sites for hydroxylation is 1. The number of nitrogen functional groups attached to an aromatic ring is 1. The van der Waals surface area contributed by atoms with Crippen LogP contribution in [0.25, 0.3) is 33.8 Å². The molecule has 0 aliphatic heterocycles. The first-order valence-electron chi connectivity index (χ1n) is 7.88. The molecule has 0 aliphatic carbocycles. The highest BCUT2D eigenvalue weighted by molar-refractivity contribution is 6.05. The van der Waals surface area contributed by atoms with Crippen molar-refractivity contribution in [3.8, 4) is 22.8 Å². The number of fused-ring (bicyclic) bond motifs is 1. The second-order valence-corrected chi connectivity index (χ2v) is 5.57. The maximum atomic E-state index is 11.7. The molecule has 4 aromatic rings. The van der Waals surface area contributed by atoms with Gasteiger partial charge >= 0.3 is 5.97 Å². The van der Waals surface area contributed by atoms with Crippen LogP contribution in [-0.4, -0.2) is 35.9 Å². The summed E-state index contributed by atoms with van der Waals surface area (Å²) in [6.45, 7) is 2.33. The SMILES string of the molecule is CCn1c(-c2nonc2N)nc2c(-c3ccccc3)ncc(C(=O)O)c21. The maximum absolute atomic E-state index is 11.7. The summed E-state index contributed by atoms with van der Waals surface area (Å²) >= 11 is 0. The summed E-state index contributed by atoms with van der Waals surface area (Å²) in [6.07, 6.45) is 1.34. The van der Waals surface area contributed by atoms with Crippen LogP contribution >= 0.6 is 0 Å². The van der Waals surface area contributed by atoms with Crippen molar-refractivity contribution in [1.29, 1.82) is 0 Å². The minimum Gasteiger partial charge on any atom is -0.478 e. The number of aromatic nitrogens is 5. The van der Waals surface area contributed by atoms with Gasteiger partial charge in [0.05, 0.1) is 11.2 Å². The molecule has 0 radical (unpaired) electrons. The number of anilines is 1. The quantitative estimate of drug-likeness (QED) is 0.573. The molecule has 9 heteroatoms. The number of carboxylic acids is 1. The van der Waals surface area contributed by atoms with Crippen LogP contribution in [0.1, 0.15) is 17.3 Å². The Bertz CT molecular complexity index is 1120. The molecule has 0 saturated carbocycles. The van der Waals surface area contributed by atoms with Crippen molar-refractivity contribution in [1.82, 2.24) is 24.8 Å². The highest BCUT2D eigenvalue weighted by Gasteiger charge is 2.25. The fourth-order valence-corrected chi connectivity index (χ4v) is 2.95. The van der Waals surface area contributed by atoms with E-state index in [-0.39, 0.29) is 17.1 Å². The molecule has 130 valence electrons. The molecule has 0 bridgehead atoms. The molecule has 0 fully saturated rings. The normalized spacial score (nSPS) is 11.1. The molecular formula is C17H14N6O3. The van der Waals surface area contributed by atoms with Gasteiger partial charge in [-0.1, -0.05) is 30.3 Å². The van der Waals surface area contributed by atoms with Gasteiger partial charge < -0.3 is 15.4 Å². The van der Waals surface area contributed by atoms with Gasteiger partial charge in [0, 0.05) is 18.3 Å². The summed E-state index contributed by atoms with van der Waals surface area (Å²) in [5, 5.41) is 17.0. The highest BCUT2D eigenvalue weighted by atomic mass is 16.6. The molecule has 0 spiro atoms. The first-order chi connectivity index (χ1) is 12.6. The zero-order valence-corrected chi connectivity index (χ0v) is 13.7. The summed E-state index contributed by atoms with van der Waals surface area (Å²) in [7, 11) is 0. The lowest BCUT2D eigenvalue weighted by molar-refractivity contribution is 0.0698. The molecular weight excluding hydrogens is 336 g/mol. The van der Waals surface area contributed by atoms with E-state index in [2.05, 4.69) is 24.9 Å². The van der Waals surface area contributed by atoms with Crippen molar-refractivity contribution >= 4 is 22.8 Å². The molecule has 3 N–H and O–H groups in total. The monoisotopic (exact) mass is 350 g/mol. The van der Waals surface area contributed by atoms with Crippen LogP contribution in [0.5, 0.6) is 0 Å². The zero-order chi connectivity index (χ0) is 18.3.